The SMILES string of the molecule is Cc1cc2c(o1)CC(C)(C)C[C@H]2NC(=O)CNC(=O)C1CC1. The Morgan fingerprint density at radius 2 is 2.09 bits per heavy atom. The van der Waals surface area contributed by atoms with E-state index in [0.717, 1.165) is 42.8 Å². The van der Waals surface area contributed by atoms with Crippen LogP contribution in [0.3, 0.4) is 0 Å². The van der Waals surface area contributed by atoms with Gasteiger partial charge < -0.3 is 15.1 Å². The van der Waals surface area contributed by atoms with Crippen LogP contribution in [0.2, 0.25) is 0 Å². The highest BCUT2D eigenvalue weighted by Gasteiger charge is 2.35. The Labute approximate surface area is 130 Å². The zero-order valence-electron chi connectivity index (χ0n) is 13.5. The van der Waals surface area contributed by atoms with E-state index in [1.54, 1.807) is 0 Å². The smallest absolute Gasteiger partial charge is 0.239 e. The van der Waals surface area contributed by atoms with Gasteiger partial charge in [-0.25, -0.2) is 0 Å². The lowest BCUT2D eigenvalue weighted by Gasteiger charge is -2.34. The summed E-state index contributed by atoms with van der Waals surface area (Å²) in [7, 11) is 0. The fourth-order valence-electron chi connectivity index (χ4n) is 3.22. The summed E-state index contributed by atoms with van der Waals surface area (Å²) in [6.45, 7) is 6.35. The number of aryl methyl sites for hydroxylation is 1. The van der Waals surface area contributed by atoms with Crippen molar-refractivity contribution >= 4 is 11.8 Å². The molecular formula is C17H24N2O3. The van der Waals surface area contributed by atoms with E-state index in [1.807, 2.05) is 13.0 Å². The van der Waals surface area contributed by atoms with Crippen molar-refractivity contribution in [3.05, 3.63) is 23.2 Å². The van der Waals surface area contributed by atoms with E-state index in [-0.39, 0.29) is 35.7 Å². The van der Waals surface area contributed by atoms with Gasteiger partial charge in [-0.05, 0) is 37.7 Å². The fraction of sp³-hybridized carbons (Fsp3) is 0.647. The van der Waals surface area contributed by atoms with Crippen molar-refractivity contribution in [3.8, 4) is 0 Å². The van der Waals surface area contributed by atoms with Crippen LogP contribution in [0, 0.1) is 18.3 Å². The Kier molecular flexibility index (Phi) is 3.75. The van der Waals surface area contributed by atoms with Crippen molar-refractivity contribution in [1.82, 2.24) is 10.6 Å². The molecule has 1 heterocycles. The first kappa shape index (κ1) is 15.1. The van der Waals surface area contributed by atoms with Crippen LogP contribution >= 0.6 is 0 Å². The first-order valence-electron chi connectivity index (χ1n) is 8.00. The van der Waals surface area contributed by atoms with Gasteiger partial charge in [-0.1, -0.05) is 13.8 Å². The van der Waals surface area contributed by atoms with Gasteiger partial charge in [0.1, 0.15) is 11.5 Å². The van der Waals surface area contributed by atoms with E-state index < -0.39 is 0 Å². The van der Waals surface area contributed by atoms with Crippen molar-refractivity contribution in [3.63, 3.8) is 0 Å². The van der Waals surface area contributed by atoms with Crippen LogP contribution in [0.4, 0.5) is 0 Å². The molecule has 5 heteroatoms. The third-order valence-electron chi connectivity index (χ3n) is 4.44. The van der Waals surface area contributed by atoms with Gasteiger partial charge in [0.05, 0.1) is 12.6 Å². The number of carbonyl (C=O) groups excluding carboxylic acids is 2. The minimum absolute atomic E-state index is 0.000955. The summed E-state index contributed by atoms with van der Waals surface area (Å²) in [5.74, 6) is 1.84. The van der Waals surface area contributed by atoms with E-state index in [2.05, 4.69) is 24.5 Å². The van der Waals surface area contributed by atoms with Gasteiger partial charge in [0.25, 0.3) is 0 Å². The fourth-order valence-corrected chi connectivity index (χ4v) is 3.22. The molecule has 0 unspecified atom stereocenters. The van der Waals surface area contributed by atoms with Gasteiger partial charge in [0.15, 0.2) is 0 Å². The third kappa shape index (κ3) is 3.34. The molecule has 1 atom stereocenters. The van der Waals surface area contributed by atoms with Crippen LogP contribution in [0.5, 0.6) is 0 Å². The molecule has 1 aromatic heterocycles. The summed E-state index contributed by atoms with van der Waals surface area (Å²) in [6.07, 6.45) is 3.66. The average Bonchev–Trinajstić information content (AvgIpc) is 3.18. The van der Waals surface area contributed by atoms with Crippen molar-refractivity contribution < 1.29 is 14.0 Å². The molecule has 120 valence electrons. The van der Waals surface area contributed by atoms with Crippen molar-refractivity contribution in [2.45, 2.75) is 52.5 Å². The second-order valence-electron chi connectivity index (χ2n) is 7.39. The highest BCUT2D eigenvalue weighted by atomic mass is 16.3. The molecule has 0 spiro atoms. The van der Waals surface area contributed by atoms with Gasteiger partial charge in [-0.15, -0.1) is 0 Å². The molecule has 0 aliphatic heterocycles. The number of hydrogen-bond donors (Lipinski definition) is 2. The Hall–Kier alpha value is -1.78. The molecule has 0 bridgehead atoms. The van der Waals surface area contributed by atoms with Gasteiger partial charge in [-0.3, -0.25) is 9.59 Å². The first-order chi connectivity index (χ1) is 10.3. The highest BCUT2D eigenvalue weighted by molar-refractivity contribution is 5.87. The summed E-state index contributed by atoms with van der Waals surface area (Å²) in [6, 6.07) is 1.97. The molecule has 1 saturated carbocycles. The van der Waals surface area contributed by atoms with Crippen molar-refractivity contribution in [2.75, 3.05) is 6.54 Å². The van der Waals surface area contributed by atoms with Crippen LogP contribution in [0.25, 0.3) is 0 Å². The van der Waals surface area contributed by atoms with Gasteiger partial charge in [0, 0.05) is 17.9 Å². The number of furan rings is 1. The zero-order valence-corrected chi connectivity index (χ0v) is 13.5. The normalized spacial score (nSPS) is 22.8. The number of amides is 2. The summed E-state index contributed by atoms with van der Waals surface area (Å²) >= 11 is 0. The summed E-state index contributed by atoms with van der Waals surface area (Å²) in [4.78, 5) is 23.7. The maximum Gasteiger partial charge on any atom is 0.239 e. The van der Waals surface area contributed by atoms with Gasteiger partial charge >= 0.3 is 0 Å². The van der Waals surface area contributed by atoms with E-state index in [4.69, 9.17) is 4.42 Å². The van der Waals surface area contributed by atoms with E-state index >= 15 is 0 Å². The Bertz CT molecular complexity index is 599. The van der Waals surface area contributed by atoms with E-state index in [0.29, 0.717) is 0 Å². The molecule has 1 fully saturated rings. The lowest BCUT2D eigenvalue weighted by molar-refractivity contribution is -0.127. The molecule has 2 aliphatic rings. The van der Waals surface area contributed by atoms with Gasteiger partial charge in [0.2, 0.25) is 11.8 Å². The standard InChI is InChI=1S/C17H24N2O3/c1-10-6-12-13(7-17(2,3)8-14(12)22-10)19-15(20)9-18-16(21)11-4-5-11/h6,11,13H,4-5,7-9H2,1-3H3,(H,18,21)(H,19,20)/t13-/m1/s1. The van der Waals surface area contributed by atoms with Crippen LogP contribution in [-0.4, -0.2) is 18.4 Å². The largest absolute Gasteiger partial charge is 0.466 e. The molecule has 2 amide bonds. The second kappa shape index (κ2) is 5.45. The molecule has 2 N–H and O–H groups in total. The Morgan fingerprint density at radius 3 is 2.77 bits per heavy atom. The summed E-state index contributed by atoms with van der Waals surface area (Å²) in [5, 5.41) is 5.75. The maximum absolute atomic E-state index is 12.1. The lowest BCUT2D eigenvalue weighted by atomic mass is 9.74. The number of hydrogen-bond acceptors (Lipinski definition) is 3. The maximum atomic E-state index is 12.1. The highest BCUT2D eigenvalue weighted by Crippen LogP contribution is 2.41. The van der Waals surface area contributed by atoms with Crippen LogP contribution in [0.15, 0.2) is 10.5 Å². The molecule has 3 rings (SSSR count). The molecule has 1 aromatic rings. The monoisotopic (exact) mass is 304 g/mol. The molecule has 22 heavy (non-hydrogen) atoms. The predicted molar refractivity (Wildman–Crippen MR) is 82.2 cm³/mol. The Morgan fingerprint density at radius 1 is 1.36 bits per heavy atom. The van der Waals surface area contributed by atoms with Crippen LogP contribution in [-0.2, 0) is 16.0 Å². The Balaban J connectivity index is 1.63. The van der Waals surface area contributed by atoms with E-state index in [1.165, 1.54) is 0 Å². The quantitative estimate of drug-likeness (QED) is 0.896. The third-order valence-corrected chi connectivity index (χ3v) is 4.44. The van der Waals surface area contributed by atoms with E-state index in [9.17, 15) is 9.59 Å². The molecular weight excluding hydrogens is 280 g/mol. The summed E-state index contributed by atoms with van der Waals surface area (Å²) in [5.41, 5.74) is 1.17. The predicted octanol–water partition coefficient (Wildman–Crippen LogP) is 2.24. The molecule has 0 aromatic carbocycles. The van der Waals surface area contributed by atoms with Gasteiger partial charge in [-0.2, -0.15) is 0 Å². The average molecular weight is 304 g/mol. The number of carbonyl (C=O) groups is 2. The summed E-state index contributed by atoms with van der Waals surface area (Å²) < 4.78 is 5.77. The number of fused-ring (bicyclic) bond motifs is 1. The number of nitrogens with one attached hydrogen (secondary N) is 2. The molecule has 0 saturated heterocycles. The first-order valence-corrected chi connectivity index (χ1v) is 8.00. The van der Waals surface area contributed by atoms with Crippen LogP contribution in [0.1, 0.15) is 56.2 Å². The lowest BCUT2D eigenvalue weighted by Crippen LogP contribution is -2.41. The zero-order chi connectivity index (χ0) is 15.9. The molecule has 2 aliphatic carbocycles. The second-order valence-corrected chi connectivity index (χ2v) is 7.39. The van der Waals surface area contributed by atoms with Crippen LogP contribution < -0.4 is 10.6 Å². The topological polar surface area (TPSA) is 71.3 Å². The molecule has 5 nitrogen and oxygen atoms in total. The van der Waals surface area contributed by atoms with Crippen molar-refractivity contribution in [1.29, 1.82) is 0 Å². The minimum Gasteiger partial charge on any atom is -0.466 e. The minimum atomic E-state index is -0.137. The molecule has 0 radical (unpaired) electrons. The van der Waals surface area contributed by atoms with Crippen molar-refractivity contribution in [2.24, 2.45) is 11.3 Å². The number of rotatable bonds is 4.